The summed E-state index contributed by atoms with van der Waals surface area (Å²) in [6, 6.07) is 13.4. The number of benzene rings is 2. The zero-order valence-electron chi connectivity index (χ0n) is 13.1. The van der Waals surface area contributed by atoms with E-state index in [2.05, 4.69) is 0 Å². The molecule has 0 aliphatic rings. The van der Waals surface area contributed by atoms with E-state index in [0.29, 0.717) is 13.1 Å². The van der Waals surface area contributed by atoms with Gasteiger partial charge in [0.05, 0.1) is 12.0 Å². The van der Waals surface area contributed by atoms with Crippen LogP contribution in [0, 0.1) is 10.1 Å². The largest absolute Gasteiger partial charge is 0.497 e. The molecular formula is C17H18N2O4. The number of nitro benzene ring substituents is 1. The Kier molecular flexibility index (Phi) is 5.30. The first-order chi connectivity index (χ1) is 11.1. The molecule has 0 saturated carbocycles. The summed E-state index contributed by atoms with van der Waals surface area (Å²) in [6.07, 6.45) is 0. The molecule has 0 atom stereocenters. The van der Waals surface area contributed by atoms with Crippen LogP contribution in [0.3, 0.4) is 0 Å². The Hall–Kier alpha value is -2.89. The summed E-state index contributed by atoms with van der Waals surface area (Å²) >= 11 is 0. The number of nitrogens with zero attached hydrogens (tertiary/aromatic N) is 2. The maximum Gasteiger partial charge on any atom is 0.282 e. The maximum absolute atomic E-state index is 12.6. The molecule has 0 bridgehead atoms. The minimum atomic E-state index is -0.533. The minimum Gasteiger partial charge on any atom is -0.497 e. The van der Waals surface area contributed by atoms with Crippen LogP contribution >= 0.6 is 0 Å². The fourth-order valence-electron chi connectivity index (χ4n) is 2.26. The van der Waals surface area contributed by atoms with Crippen molar-refractivity contribution < 1.29 is 14.5 Å². The molecule has 0 N–H and O–H groups in total. The highest BCUT2D eigenvalue weighted by Crippen LogP contribution is 2.21. The molecule has 0 radical (unpaired) electrons. The molecule has 0 fully saturated rings. The molecular weight excluding hydrogens is 296 g/mol. The third-order valence-electron chi connectivity index (χ3n) is 3.53. The Morgan fingerprint density at radius 1 is 1.17 bits per heavy atom. The predicted octanol–water partition coefficient (Wildman–Crippen LogP) is 3.27. The summed E-state index contributed by atoms with van der Waals surface area (Å²) in [7, 11) is 1.59. The van der Waals surface area contributed by atoms with Crippen molar-refractivity contribution in [2.45, 2.75) is 13.5 Å². The Morgan fingerprint density at radius 3 is 2.39 bits per heavy atom. The van der Waals surface area contributed by atoms with Gasteiger partial charge in [-0.25, -0.2) is 0 Å². The average molecular weight is 314 g/mol. The number of rotatable bonds is 6. The van der Waals surface area contributed by atoms with Crippen molar-refractivity contribution in [1.29, 1.82) is 0 Å². The number of nitro groups is 1. The molecule has 0 saturated heterocycles. The van der Waals surface area contributed by atoms with Gasteiger partial charge >= 0.3 is 0 Å². The summed E-state index contributed by atoms with van der Waals surface area (Å²) in [5.74, 6) is 0.387. The Balaban J connectivity index is 2.23. The number of para-hydroxylation sites is 1. The van der Waals surface area contributed by atoms with Gasteiger partial charge in [0.25, 0.3) is 11.6 Å². The van der Waals surface area contributed by atoms with Crippen molar-refractivity contribution in [1.82, 2.24) is 4.90 Å². The van der Waals surface area contributed by atoms with Crippen molar-refractivity contribution in [3.63, 3.8) is 0 Å². The molecule has 23 heavy (non-hydrogen) atoms. The van der Waals surface area contributed by atoms with E-state index in [9.17, 15) is 14.9 Å². The highest BCUT2D eigenvalue weighted by Gasteiger charge is 2.23. The van der Waals surface area contributed by atoms with E-state index in [-0.39, 0.29) is 17.2 Å². The summed E-state index contributed by atoms with van der Waals surface area (Å²) in [5.41, 5.74) is 0.859. The van der Waals surface area contributed by atoms with Crippen LogP contribution in [0.15, 0.2) is 48.5 Å². The second kappa shape index (κ2) is 7.40. The SMILES string of the molecule is CCN(Cc1ccc(OC)cc1)C(=O)c1ccccc1[N+](=O)[O-]. The van der Waals surface area contributed by atoms with Crippen molar-refractivity contribution in [3.8, 4) is 5.75 Å². The molecule has 6 nitrogen and oxygen atoms in total. The molecule has 0 aromatic heterocycles. The van der Waals surface area contributed by atoms with Crippen molar-refractivity contribution in [2.75, 3.05) is 13.7 Å². The average Bonchev–Trinajstić information content (AvgIpc) is 2.59. The fraction of sp³-hybridized carbons (Fsp3) is 0.235. The van der Waals surface area contributed by atoms with E-state index < -0.39 is 4.92 Å². The van der Waals surface area contributed by atoms with Gasteiger partial charge in [0.15, 0.2) is 0 Å². The van der Waals surface area contributed by atoms with Gasteiger partial charge in [-0.3, -0.25) is 14.9 Å². The van der Waals surface area contributed by atoms with Gasteiger partial charge in [-0.2, -0.15) is 0 Å². The number of carbonyl (C=O) groups is 1. The molecule has 0 aliphatic heterocycles. The third kappa shape index (κ3) is 3.85. The van der Waals surface area contributed by atoms with Gasteiger partial charge < -0.3 is 9.64 Å². The van der Waals surface area contributed by atoms with Crippen LogP contribution < -0.4 is 4.74 Å². The first kappa shape index (κ1) is 16.5. The Bertz CT molecular complexity index is 698. The van der Waals surface area contributed by atoms with Crippen LogP contribution in [0.25, 0.3) is 0 Å². The van der Waals surface area contributed by atoms with Crippen LogP contribution in [0.4, 0.5) is 5.69 Å². The molecule has 0 heterocycles. The van der Waals surface area contributed by atoms with E-state index in [1.165, 1.54) is 12.1 Å². The number of carbonyl (C=O) groups excluding carboxylic acids is 1. The minimum absolute atomic E-state index is 0.105. The van der Waals surface area contributed by atoms with Crippen LogP contribution in [0.1, 0.15) is 22.8 Å². The summed E-state index contributed by atoms with van der Waals surface area (Å²) in [6.45, 7) is 2.68. The van der Waals surface area contributed by atoms with Crippen molar-refractivity contribution in [3.05, 3.63) is 69.8 Å². The summed E-state index contributed by atoms with van der Waals surface area (Å²) < 4.78 is 5.10. The maximum atomic E-state index is 12.6. The van der Waals surface area contributed by atoms with Crippen LogP contribution in [-0.2, 0) is 6.54 Å². The molecule has 0 aliphatic carbocycles. The number of ether oxygens (including phenoxy) is 1. The number of amides is 1. The van der Waals surface area contributed by atoms with E-state index in [1.54, 1.807) is 24.1 Å². The zero-order valence-corrected chi connectivity index (χ0v) is 13.1. The topological polar surface area (TPSA) is 72.7 Å². The summed E-state index contributed by atoms with van der Waals surface area (Å²) in [4.78, 5) is 24.8. The molecule has 120 valence electrons. The van der Waals surface area contributed by atoms with E-state index >= 15 is 0 Å². The Labute approximate surface area is 134 Å². The zero-order chi connectivity index (χ0) is 16.8. The van der Waals surface area contributed by atoms with E-state index in [0.717, 1.165) is 11.3 Å². The first-order valence-corrected chi connectivity index (χ1v) is 7.22. The number of hydrogen-bond acceptors (Lipinski definition) is 4. The lowest BCUT2D eigenvalue weighted by Gasteiger charge is -2.21. The quantitative estimate of drug-likeness (QED) is 0.606. The third-order valence-corrected chi connectivity index (χ3v) is 3.53. The molecule has 2 aromatic rings. The molecule has 6 heteroatoms. The molecule has 0 unspecified atom stereocenters. The predicted molar refractivity (Wildman–Crippen MR) is 86.5 cm³/mol. The molecule has 1 amide bonds. The van der Waals surface area contributed by atoms with Crippen LogP contribution in [0.2, 0.25) is 0 Å². The summed E-state index contributed by atoms with van der Waals surface area (Å²) in [5, 5.41) is 11.1. The second-order valence-corrected chi connectivity index (χ2v) is 4.94. The fourth-order valence-corrected chi connectivity index (χ4v) is 2.26. The standard InChI is InChI=1S/C17H18N2O4/c1-3-18(12-13-8-10-14(23-2)11-9-13)17(20)15-6-4-5-7-16(15)19(21)22/h4-11H,3,12H2,1-2H3. The molecule has 0 spiro atoms. The Morgan fingerprint density at radius 2 is 1.83 bits per heavy atom. The van der Waals surface area contributed by atoms with Gasteiger partial charge in [-0.1, -0.05) is 24.3 Å². The highest BCUT2D eigenvalue weighted by molar-refractivity contribution is 5.98. The number of hydrogen-bond donors (Lipinski definition) is 0. The highest BCUT2D eigenvalue weighted by atomic mass is 16.6. The van der Waals surface area contributed by atoms with Gasteiger partial charge in [-0.15, -0.1) is 0 Å². The normalized spacial score (nSPS) is 10.2. The molecule has 2 rings (SSSR count). The van der Waals surface area contributed by atoms with E-state index in [4.69, 9.17) is 4.74 Å². The van der Waals surface area contributed by atoms with Crippen molar-refractivity contribution in [2.24, 2.45) is 0 Å². The second-order valence-electron chi connectivity index (χ2n) is 4.94. The lowest BCUT2D eigenvalue weighted by molar-refractivity contribution is -0.385. The smallest absolute Gasteiger partial charge is 0.282 e. The molecule has 2 aromatic carbocycles. The first-order valence-electron chi connectivity index (χ1n) is 7.22. The lowest BCUT2D eigenvalue weighted by atomic mass is 10.1. The van der Waals surface area contributed by atoms with Crippen molar-refractivity contribution >= 4 is 11.6 Å². The van der Waals surface area contributed by atoms with Gasteiger partial charge in [0.1, 0.15) is 11.3 Å². The van der Waals surface area contributed by atoms with Gasteiger partial charge in [0, 0.05) is 19.2 Å². The lowest BCUT2D eigenvalue weighted by Crippen LogP contribution is -2.30. The van der Waals surface area contributed by atoms with Gasteiger partial charge in [0.2, 0.25) is 0 Å². The number of methoxy groups -OCH3 is 1. The van der Waals surface area contributed by atoms with Crippen LogP contribution in [0.5, 0.6) is 5.75 Å². The van der Waals surface area contributed by atoms with Gasteiger partial charge in [-0.05, 0) is 30.7 Å². The van der Waals surface area contributed by atoms with Crippen LogP contribution in [-0.4, -0.2) is 29.4 Å². The van der Waals surface area contributed by atoms with E-state index in [1.807, 2.05) is 31.2 Å². The monoisotopic (exact) mass is 314 g/mol.